The second-order valence-corrected chi connectivity index (χ2v) is 6.59. The Bertz CT molecular complexity index is 1040. The quantitative estimate of drug-likeness (QED) is 0.296. The fourth-order valence-electron chi connectivity index (χ4n) is 2.41. The molecule has 0 amide bonds. The van der Waals surface area contributed by atoms with Crippen LogP contribution in [0.3, 0.4) is 0 Å². The Morgan fingerprint density at radius 2 is 2.03 bits per heavy atom. The molecule has 0 saturated carbocycles. The zero-order valence-electron chi connectivity index (χ0n) is 15.5. The third-order valence-corrected chi connectivity index (χ3v) is 4.11. The Kier molecular flexibility index (Phi) is 6.94. The lowest BCUT2D eigenvalue weighted by Gasteiger charge is -2.13. The molecule has 0 radical (unpaired) electrons. The van der Waals surface area contributed by atoms with Gasteiger partial charge in [0.05, 0.1) is 11.2 Å². The van der Waals surface area contributed by atoms with E-state index >= 15 is 0 Å². The van der Waals surface area contributed by atoms with Crippen molar-refractivity contribution in [3.63, 3.8) is 0 Å². The lowest BCUT2D eigenvalue weighted by atomic mass is 10.3. The number of ether oxygens (including phenoxy) is 1. The Morgan fingerprint density at radius 1 is 1.23 bits per heavy atom. The van der Waals surface area contributed by atoms with Crippen molar-refractivity contribution in [2.45, 2.75) is 6.10 Å². The van der Waals surface area contributed by atoms with Crippen molar-refractivity contribution >= 4 is 40.4 Å². The van der Waals surface area contributed by atoms with Crippen LogP contribution in [0.4, 0.5) is 33.2 Å². The first-order valence-corrected chi connectivity index (χ1v) is 9.14. The molecule has 30 heavy (non-hydrogen) atoms. The molecule has 1 unspecified atom stereocenters. The fourth-order valence-corrected chi connectivity index (χ4v) is 2.59. The maximum Gasteiger partial charge on any atom is 0.229 e. The van der Waals surface area contributed by atoms with Crippen LogP contribution in [-0.2, 0) is 0 Å². The molecule has 0 aliphatic rings. The monoisotopic (exact) mass is 432 g/mol. The minimum atomic E-state index is -1.05. The molecule has 3 rings (SSSR count). The number of hydrogen-bond donors (Lipinski definition) is 4. The summed E-state index contributed by atoms with van der Waals surface area (Å²) in [6, 6.07) is 11.6. The molecule has 5 N–H and O–H groups in total. The molecule has 1 heterocycles. The SMILES string of the molecule is Nc1cccc(Nc2nc(Nc3ccc(Cl)c(OCC(O)CN=O)c3)ncc2F)c1. The van der Waals surface area contributed by atoms with Crippen LogP contribution in [0.5, 0.6) is 5.75 Å². The molecule has 0 bridgehead atoms. The number of rotatable bonds is 9. The van der Waals surface area contributed by atoms with E-state index in [-0.39, 0.29) is 30.7 Å². The predicted octanol–water partition coefficient (Wildman–Crippen LogP) is 3.84. The van der Waals surface area contributed by atoms with Crippen LogP contribution in [0.25, 0.3) is 0 Å². The molecule has 0 fully saturated rings. The van der Waals surface area contributed by atoms with Crippen molar-refractivity contribution in [1.82, 2.24) is 9.97 Å². The summed E-state index contributed by atoms with van der Waals surface area (Å²) < 4.78 is 19.5. The van der Waals surface area contributed by atoms with Gasteiger partial charge in [-0.15, -0.1) is 0 Å². The Morgan fingerprint density at radius 3 is 2.80 bits per heavy atom. The molecule has 3 aromatic rings. The largest absolute Gasteiger partial charge is 0.489 e. The highest BCUT2D eigenvalue weighted by Gasteiger charge is 2.11. The highest BCUT2D eigenvalue weighted by Crippen LogP contribution is 2.29. The first-order valence-electron chi connectivity index (χ1n) is 8.76. The van der Waals surface area contributed by atoms with Gasteiger partial charge in [0.15, 0.2) is 11.6 Å². The van der Waals surface area contributed by atoms with Gasteiger partial charge < -0.3 is 26.2 Å². The molecule has 0 aliphatic carbocycles. The van der Waals surface area contributed by atoms with E-state index in [1.807, 2.05) is 0 Å². The number of halogens is 2. The van der Waals surface area contributed by atoms with Crippen LogP contribution >= 0.6 is 11.6 Å². The molecular formula is C19H18ClFN6O3. The van der Waals surface area contributed by atoms with E-state index < -0.39 is 11.9 Å². The number of nitrogens with two attached hydrogens (primary N) is 1. The highest BCUT2D eigenvalue weighted by molar-refractivity contribution is 6.32. The number of nitrogen functional groups attached to an aromatic ring is 1. The lowest BCUT2D eigenvalue weighted by molar-refractivity contribution is 0.114. The second kappa shape index (κ2) is 9.81. The van der Waals surface area contributed by atoms with Gasteiger partial charge in [0.1, 0.15) is 25.0 Å². The number of nitrogens with one attached hydrogen (secondary N) is 2. The Balaban J connectivity index is 1.74. The molecule has 0 spiro atoms. The minimum absolute atomic E-state index is 0.0342. The molecule has 1 aromatic heterocycles. The van der Waals surface area contributed by atoms with Crippen molar-refractivity contribution in [1.29, 1.82) is 0 Å². The zero-order chi connectivity index (χ0) is 21.5. The van der Waals surface area contributed by atoms with E-state index in [1.54, 1.807) is 42.5 Å². The molecular weight excluding hydrogens is 415 g/mol. The normalized spacial score (nSPS) is 11.6. The standard InChI is InChI=1S/C19H18ClFN6O3/c20-15-5-4-13(7-17(15)30-10-14(28)8-24-29)26-19-23-9-16(21)18(27-19)25-12-3-1-2-11(22)6-12/h1-7,9,14,28H,8,10,22H2,(H2,23,25,26,27). The van der Waals surface area contributed by atoms with Gasteiger partial charge in [-0.05, 0) is 30.3 Å². The second-order valence-electron chi connectivity index (χ2n) is 6.19. The number of aliphatic hydroxyl groups is 1. The van der Waals surface area contributed by atoms with Gasteiger partial charge in [0, 0.05) is 23.1 Å². The van der Waals surface area contributed by atoms with E-state index in [4.69, 9.17) is 22.1 Å². The van der Waals surface area contributed by atoms with Crippen molar-refractivity contribution in [2.24, 2.45) is 5.18 Å². The number of nitrogens with zero attached hydrogens (tertiary/aromatic N) is 3. The molecule has 1 atom stereocenters. The number of anilines is 5. The number of nitroso groups, excluding NO2 is 1. The average Bonchev–Trinajstić information content (AvgIpc) is 2.71. The third-order valence-electron chi connectivity index (χ3n) is 3.80. The summed E-state index contributed by atoms with van der Waals surface area (Å²) in [5, 5.41) is 18.2. The van der Waals surface area contributed by atoms with Crippen LogP contribution in [0, 0.1) is 10.7 Å². The smallest absolute Gasteiger partial charge is 0.229 e. The van der Waals surface area contributed by atoms with Gasteiger partial charge in [-0.3, -0.25) is 0 Å². The molecule has 0 saturated heterocycles. The summed E-state index contributed by atoms with van der Waals surface area (Å²) in [5.74, 6) is -0.276. The maximum atomic E-state index is 14.1. The van der Waals surface area contributed by atoms with Gasteiger partial charge in [0.25, 0.3) is 0 Å². The highest BCUT2D eigenvalue weighted by atomic mass is 35.5. The fraction of sp³-hybridized carbons (Fsp3) is 0.158. The molecule has 11 heteroatoms. The summed E-state index contributed by atoms with van der Waals surface area (Å²) in [6.45, 7) is -0.446. The van der Waals surface area contributed by atoms with Gasteiger partial charge in [0.2, 0.25) is 5.95 Å². The van der Waals surface area contributed by atoms with Crippen molar-refractivity contribution in [3.05, 3.63) is 64.4 Å². The molecule has 2 aromatic carbocycles. The molecule has 156 valence electrons. The van der Waals surface area contributed by atoms with E-state index in [9.17, 15) is 14.4 Å². The summed E-state index contributed by atoms with van der Waals surface area (Å²) in [5.41, 5.74) is 7.34. The van der Waals surface area contributed by atoms with Crippen molar-refractivity contribution in [3.8, 4) is 5.75 Å². The third kappa shape index (κ3) is 5.75. The number of hydrogen-bond acceptors (Lipinski definition) is 9. The van der Waals surface area contributed by atoms with E-state index in [2.05, 4.69) is 25.8 Å². The van der Waals surface area contributed by atoms with Crippen LogP contribution in [0.1, 0.15) is 0 Å². The summed E-state index contributed by atoms with van der Waals surface area (Å²) in [6.07, 6.45) is -0.0173. The summed E-state index contributed by atoms with van der Waals surface area (Å²) in [4.78, 5) is 18.2. The predicted molar refractivity (Wildman–Crippen MR) is 113 cm³/mol. The van der Waals surface area contributed by atoms with Crippen LogP contribution < -0.4 is 21.1 Å². The van der Waals surface area contributed by atoms with Crippen molar-refractivity contribution in [2.75, 3.05) is 29.5 Å². The van der Waals surface area contributed by atoms with E-state index in [0.29, 0.717) is 22.1 Å². The number of aliphatic hydroxyl groups excluding tert-OH is 1. The van der Waals surface area contributed by atoms with Crippen molar-refractivity contribution < 1.29 is 14.2 Å². The Labute approximate surface area is 176 Å². The molecule has 9 nitrogen and oxygen atoms in total. The van der Waals surface area contributed by atoms with E-state index in [0.717, 1.165) is 6.20 Å². The topological polar surface area (TPSA) is 135 Å². The summed E-state index contributed by atoms with van der Waals surface area (Å²) >= 11 is 6.09. The number of aromatic nitrogens is 2. The minimum Gasteiger partial charge on any atom is -0.489 e. The van der Waals surface area contributed by atoms with Gasteiger partial charge in [-0.1, -0.05) is 22.8 Å². The first-order chi connectivity index (χ1) is 14.4. The van der Waals surface area contributed by atoms with Crippen LogP contribution in [-0.4, -0.2) is 34.3 Å². The van der Waals surface area contributed by atoms with Crippen LogP contribution in [0.15, 0.2) is 53.8 Å². The van der Waals surface area contributed by atoms with Gasteiger partial charge in [-0.2, -0.15) is 9.89 Å². The zero-order valence-corrected chi connectivity index (χ0v) is 16.3. The van der Waals surface area contributed by atoms with Gasteiger partial charge >= 0.3 is 0 Å². The van der Waals surface area contributed by atoms with E-state index in [1.165, 1.54) is 0 Å². The van der Waals surface area contributed by atoms with Crippen LogP contribution in [0.2, 0.25) is 5.02 Å². The van der Waals surface area contributed by atoms with Gasteiger partial charge in [-0.25, -0.2) is 9.37 Å². The Hall–Kier alpha value is -3.50. The summed E-state index contributed by atoms with van der Waals surface area (Å²) in [7, 11) is 0. The first kappa shape index (κ1) is 21.2. The maximum absolute atomic E-state index is 14.1. The average molecular weight is 433 g/mol. The number of benzene rings is 2. The lowest BCUT2D eigenvalue weighted by Crippen LogP contribution is -2.20. The molecule has 0 aliphatic heterocycles.